The summed E-state index contributed by atoms with van der Waals surface area (Å²) >= 11 is 0. The van der Waals surface area contributed by atoms with Crippen LogP contribution in [-0.2, 0) is 17.6 Å². The van der Waals surface area contributed by atoms with Crippen LogP contribution in [0.3, 0.4) is 0 Å². The van der Waals surface area contributed by atoms with Gasteiger partial charge in [-0.3, -0.25) is 4.79 Å². The highest BCUT2D eigenvalue weighted by Crippen LogP contribution is 2.31. The third-order valence-electron chi connectivity index (χ3n) is 5.68. The van der Waals surface area contributed by atoms with Crippen LogP contribution < -0.4 is 15.5 Å². The van der Waals surface area contributed by atoms with Crippen molar-refractivity contribution in [3.05, 3.63) is 23.5 Å². The molecule has 0 unspecified atom stereocenters. The zero-order chi connectivity index (χ0) is 18.3. The summed E-state index contributed by atoms with van der Waals surface area (Å²) in [5.74, 6) is 1.32. The summed E-state index contributed by atoms with van der Waals surface area (Å²) in [6.07, 6.45) is 4.61. The smallest absolute Gasteiger partial charge is 0.227 e. The lowest BCUT2D eigenvalue weighted by atomic mass is 9.94. The summed E-state index contributed by atoms with van der Waals surface area (Å²) in [4.78, 5) is 19.6. The fourth-order valence-electron chi connectivity index (χ4n) is 3.68. The van der Waals surface area contributed by atoms with E-state index in [1.54, 1.807) is 6.20 Å². The largest absolute Gasteiger partial charge is 0.354 e. The van der Waals surface area contributed by atoms with E-state index in [0.29, 0.717) is 0 Å². The number of aromatic nitrogens is 3. The molecule has 1 fully saturated rings. The molecule has 0 saturated carbocycles. The third kappa shape index (κ3) is 3.05. The Morgan fingerprint density at radius 2 is 2.12 bits per heavy atom. The van der Waals surface area contributed by atoms with Gasteiger partial charge in [0, 0.05) is 43.2 Å². The number of nitrogens with one attached hydrogen (secondary N) is 2. The van der Waals surface area contributed by atoms with Gasteiger partial charge in [0.1, 0.15) is 5.82 Å². The molecule has 0 atom stereocenters. The van der Waals surface area contributed by atoms with Gasteiger partial charge in [0.2, 0.25) is 5.91 Å². The van der Waals surface area contributed by atoms with Crippen LogP contribution >= 0.6 is 0 Å². The minimum absolute atomic E-state index is 0.0409. The van der Waals surface area contributed by atoms with E-state index in [-0.39, 0.29) is 17.4 Å². The Bertz CT molecular complexity index is 821. The van der Waals surface area contributed by atoms with Crippen LogP contribution in [0.1, 0.15) is 38.4 Å². The molecule has 140 valence electrons. The number of carbonyl (C=O) groups is 1. The molecular weight excluding hydrogens is 328 g/mol. The Labute approximate surface area is 154 Å². The van der Waals surface area contributed by atoms with E-state index in [0.717, 1.165) is 62.6 Å². The quantitative estimate of drug-likeness (QED) is 0.860. The Morgan fingerprint density at radius 1 is 1.35 bits per heavy atom. The van der Waals surface area contributed by atoms with Crippen molar-refractivity contribution >= 4 is 17.4 Å². The minimum Gasteiger partial charge on any atom is -0.354 e. The molecule has 0 bridgehead atoms. The molecule has 2 aromatic rings. The number of hydrogen-bond donors (Lipinski definition) is 2. The zero-order valence-corrected chi connectivity index (χ0v) is 15.9. The zero-order valence-electron chi connectivity index (χ0n) is 15.9. The van der Waals surface area contributed by atoms with E-state index < -0.39 is 0 Å². The lowest BCUT2D eigenvalue weighted by molar-refractivity contribution is -0.127. The fraction of sp³-hybridized carbons (Fsp3) is 0.632. The molecular formula is C19H28N6O. The first-order valence-electron chi connectivity index (χ1n) is 9.61. The predicted octanol–water partition coefficient (Wildman–Crippen LogP) is 1.16. The second-order valence-corrected chi connectivity index (χ2v) is 8.04. The molecule has 2 N–H and O–H groups in total. The van der Waals surface area contributed by atoms with E-state index >= 15 is 0 Å². The van der Waals surface area contributed by atoms with Crippen molar-refractivity contribution in [3.63, 3.8) is 0 Å². The lowest BCUT2D eigenvalue weighted by Crippen LogP contribution is -2.57. The van der Waals surface area contributed by atoms with Crippen LogP contribution in [0.15, 0.2) is 12.3 Å². The van der Waals surface area contributed by atoms with E-state index in [2.05, 4.69) is 41.4 Å². The molecule has 1 saturated heterocycles. The monoisotopic (exact) mass is 356 g/mol. The van der Waals surface area contributed by atoms with Crippen LogP contribution in [-0.4, -0.2) is 52.2 Å². The number of rotatable bonds is 4. The van der Waals surface area contributed by atoms with Gasteiger partial charge in [0.15, 0.2) is 5.65 Å². The number of carbonyl (C=O) groups excluding carboxylic acids is 1. The summed E-state index contributed by atoms with van der Waals surface area (Å²) < 4.78 is 1.94. The summed E-state index contributed by atoms with van der Waals surface area (Å²) in [7, 11) is 0. The molecule has 26 heavy (non-hydrogen) atoms. The SMILES string of the molecule is CCC(C)(C)NC(=O)C1CN(c2c3c(nc4ccnn24)CCNCC3)C1. The minimum atomic E-state index is -0.147. The Balaban J connectivity index is 1.58. The highest BCUT2D eigenvalue weighted by atomic mass is 16.2. The first-order chi connectivity index (χ1) is 12.5. The number of amides is 1. The van der Waals surface area contributed by atoms with Gasteiger partial charge >= 0.3 is 0 Å². The average Bonchev–Trinajstić information content (AvgIpc) is 2.89. The molecule has 4 rings (SSSR count). The lowest BCUT2D eigenvalue weighted by Gasteiger charge is -2.42. The van der Waals surface area contributed by atoms with E-state index in [9.17, 15) is 4.79 Å². The molecule has 0 radical (unpaired) electrons. The summed E-state index contributed by atoms with van der Waals surface area (Å²) in [6.45, 7) is 9.64. The molecule has 7 nitrogen and oxygen atoms in total. The first kappa shape index (κ1) is 17.3. The highest BCUT2D eigenvalue weighted by Gasteiger charge is 2.37. The molecule has 2 aliphatic heterocycles. The topological polar surface area (TPSA) is 74.6 Å². The van der Waals surface area contributed by atoms with Crippen molar-refractivity contribution in [2.45, 2.75) is 45.6 Å². The van der Waals surface area contributed by atoms with Crippen molar-refractivity contribution in [2.24, 2.45) is 5.92 Å². The molecule has 2 aliphatic rings. The van der Waals surface area contributed by atoms with Gasteiger partial charge in [0.25, 0.3) is 0 Å². The second-order valence-electron chi connectivity index (χ2n) is 8.04. The Kier molecular flexibility index (Phi) is 4.34. The van der Waals surface area contributed by atoms with Gasteiger partial charge in [-0.2, -0.15) is 9.61 Å². The third-order valence-corrected chi connectivity index (χ3v) is 5.68. The molecule has 7 heteroatoms. The van der Waals surface area contributed by atoms with Crippen molar-refractivity contribution in [1.82, 2.24) is 25.2 Å². The maximum Gasteiger partial charge on any atom is 0.227 e. The Hall–Kier alpha value is -2.15. The van der Waals surface area contributed by atoms with Gasteiger partial charge in [-0.05, 0) is 33.2 Å². The van der Waals surface area contributed by atoms with Crippen LogP contribution in [0, 0.1) is 5.92 Å². The maximum absolute atomic E-state index is 12.6. The van der Waals surface area contributed by atoms with Gasteiger partial charge in [-0.25, -0.2) is 4.98 Å². The summed E-state index contributed by atoms with van der Waals surface area (Å²) in [5.41, 5.74) is 3.18. The van der Waals surface area contributed by atoms with Crippen LogP contribution in [0.5, 0.6) is 0 Å². The van der Waals surface area contributed by atoms with Crippen molar-refractivity contribution in [3.8, 4) is 0 Å². The van der Waals surface area contributed by atoms with Crippen LogP contribution in [0.25, 0.3) is 5.65 Å². The van der Waals surface area contributed by atoms with E-state index in [1.165, 1.54) is 5.56 Å². The number of hydrogen-bond acceptors (Lipinski definition) is 5. The predicted molar refractivity (Wildman–Crippen MR) is 101 cm³/mol. The molecule has 0 aromatic carbocycles. The van der Waals surface area contributed by atoms with E-state index in [1.807, 2.05) is 10.6 Å². The normalized spacial score (nSPS) is 18.3. The second kappa shape index (κ2) is 6.54. The van der Waals surface area contributed by atoms with Gasteiger partial charge < -0.3 is 15.5 Å². The fourth-order valence-corrected chi connectivity index (χ4v) is 3.68. The van der Waals surface area contributed by atoms with Gasteiger partial charge in [0.05, 0.1) is 17.8 Å². The van der Waals surface area contributed by atoms with Crippen molar-refractivity contribution in [2.75, 3.05) is 31.1 Å². The highest BCUT2D eigenvalue weighted by molar-refractivity contribution is 5.82. The van der Waals surface area contributed by atoms with Crippen molar-refractivity contribution < 1.29 is 4.79 Å². The standard InChI is InChI=1S/C19H28N6O/c1-4-19(2,3)23-17(26)13-11-24(12-13)18-14-5-8-20-9-6-15(14)22-16-7-10-21-25(16)18/h7,10,13,20H,4-6,8-9,11-12H2,1-3H3,(H,23,26). The first-order valence-corrected chi connectivity index (χ1v) is 9.61. The molecule has 0 aliphatic carbocycles. The van der Waals surface area contributed by atoms with Crippen molar-refractivity contribution in [1.29, 1.82) is 0 Å². The molecule has 0 spiro atoms. The molecule has 1 amide bonds. The average molecular weight is 356 g/mol. The van der Waals surface area contributed by atoms with Crippen LogP contribution in [0.2, 0.25) is 0 Å². The van der Waals surface area contributed by atoms with Crippen LogP contribution in [0.4, 0.5) is 5.82 Å². The molecule has 4 heterocycles. The number of anilines is 1. The maximum atomic E-state index is 12.6. The Morgan fingerprint density at radius 3 is 2.88 bits per heavy atom. The van der Waals surface area contributed by atoms with E-state index in [4.69, 9.17) is 4.98 Å². The van der Waals surface area contributed by atoms with Gasteiger partial charge in [-0.1, -0.05) is 6.92 Å². The summed E-state index contributed by atoms with van der Waals surface area (Å²) in [6, 6.07) is 1.95. The number of fused-ring (bicyclic) bond motifs is 2. The summed E-state index contributed by atoms with van der Waals surface area (Å²) in [5, 5.41) is 11.1. The molecule has 2 aromatic heterocycles. The number of nitrogens with zero attached hydrogens (tertiary/aromatic N) is 4. The van der Waals surface area contributed by atoms with Gasteiger partial charge in [-0.15, -0.1) is 0 Å².